The molecule has 0 aliphatic carbocycles. The van der Waals surface area contributed by atoms with Gasteiger partial charge < -0.3 is 24.3 Å². The van der Waals surface area contributed by atoms with Gasteiger partial charge in [-0.05, 0) is 31.5 Å². The molecule has 1 rings (SSSR count). The van der Waals surface area contributed by atoms with Gasteiger partial charge in [-0.2, -0.15) is 0 Å². The van der Waals surface area contributed by atoms with Crippen LogP contribution >= 0.6 is 0 Å². The summed E-state index contributed by atoms with van der Waals surface area (Å²) in [5, 5.41) is 3.28. The highest BCUT2D eigenvalue weighted by Gasteiger charge is 2.07. The smallest absolute Gasteiger partial charge is 0.169 e. The molecule has 0 saturated carbocycles. The highest BCUT2D eigenvalue weighted by Crippen LogP contribution is 2.28. The first kappa shape index (κ1) is 16.8. The van der Waals surface area contributed by atoms with Crippen molar-refractivity contribution in [2.75, 3.05) is 34.0 Å². The molecule has 5 heteroatoms. The van der Waals surface area contributed by atoms with Crippen molar-refractivity contribution in [1.82, 2.24) is 5.32 Å². The van der Waals surface area contributed by atoms with Gasteiger partial charge in [-0.25, -0.2) is 0 Å². The maximum atomic E-state index is 5.60. The van der Waals surface area contributed by atoms with E-state index in [9.17, 15) is 0 Å². The molecule has 0 bridgehead atoms. The van der Waals surface area contributed by atoms with Gasteiger partial charge >= 0.3 is 0 Å². The molecule has 0 heterocycles. The molecule has 0 atom stereocenters. The Kier molecular flexibility index (Phi) is 8.02. The Labute approximate surface area is 121 Å². The van der Waals surface area contributed by atoms with E-state index < -0.39 is 0 Å². The molecule has 0 amide bonds. The Hall–Kier alpha value is -1.30. The minimum absolute atomic E-state index is 0.232. The number of ether oxygens (including phenoxy) is 4. The second-order valence-corrected chi connectivity index (χ2v) is 4.18. The summed E-state index contributed by atoms with van der Waals surface area (Å²) in [6.07, 6.45) is -0.232. The van der Waals surface area contributed by atoms with Gasteiger partial charge in [0.2, 0.25) is 0 Å². The lowest BCUT2D eigenvalue weighted by atomic mass is 10.2. The SMILES string of the molecule is CCOc1ccc(CNCC(OC)OC)cc1OCC. The van der Waals surface area contributed by atoms with Gasteiger partial charge in [-0.15, -0.1) is 0 Å². The van der Waals surface area contributed by atoms with E-state index in [1.54, 1.807) is 14.2 Å². The van der Waals surface area contributed by atoms with E-state index in [-0.39, 0.29) is 6.29 Å². The fourth-order valence-electron chi connectivity index (χ4n) is 1.80. The van der Waals surface area contributed by atoms with Crippen molar-refractivity contribution in [3.8, 4) is 11.5 Å². The third-order valence-corrected chi connectivity index (χ3v) is 2.77. The molecule has 0 aliphatic rings. The Morgan fingerprint density at radius 2 is 1.65 bits per heavy atom. The number of rotatable bonds is 10. The number of hydrogen-bond acceptors (Lipinski definition) is 5. The van der Waals surface area contributed by atoms with Gasteiger partial charge in [0, 0.05) is 27.3 Å². The molecule has 0 radical (unpaired) electrons. The quantitative estimate of drug-likeness (QED) is 0.667. The lowest BCUT2D eigenvalue weighted by molar-refractivity contribution is -0.0989. The van der Waals surface area contributed by atoms with E-state index in [1.165, 1.54) is 0 Å². The van der Waals surface area contributed by atoms with Crippen molar-refractivity contribution in [3.05, 3.63) is 23.8 Å². The van der Waals surface area contributed by atoms with Crippen LogP contribution in [0.4, 0.5) is 0 Å². The average molecular weight is 283 g/mol. The Morgan fingerprint density at radius 3 is 2.25 bits per heavy atom. The van der Waals surface area contributed by atoms with Crippen LogP contribution in [0.25, 0.3) is 0 Å². The molecule has 1 aromatic rings. The summed E-state index contributed by atoms with van der Waals surface area (Å²) in [5.41, 5.74) is 1.13. The van der Waals surface area contributed by atoms with Gasteiger partial charge in [0.1, 0.15) is 0 Å². The Bertz CT molecular complexity index is 380. The zero-order valence-electron chi connectivity index (χ0n) is 12.8. The summed E-state index contributed by atoms with van der Waals surface area (Å²) in [5.74, 6) is 1.56. The summed E-state index contributed by atoms with van der Waals surface area (Å²) in [7, 11) is 3.25. The molecule has 0 aromatic heterocycles. The first-order valence-electron chi connectivity index (χ1n) is 6.89. The first-order chi connectivity index (χ1) is 9.74. The normalized spacial score (nSPS) is 10.8. The summed E-state index contributed by atoms with van der Waals surface area (Å²) < 4.78 is 21.4. The van der Waals surface area contributed by atoms with E-state index in [0.717, 1.165) is 23.6 Å². The molecular weight excluding hydrogens is 258 g/mol. The second-order valence-electron chi connectivity index (χ2n) is 4.18. The fraction of sp³-hybridized carbons (Fsp3) is 0.600. The highest BCUT2D eigenvalue weighted by molar-refractivity contribution is 5.43. The van der Waals surface area contributed by atoms with Crippen molar-refractivity contribution < 1.29 is 18.9 Å². The molecule has 20 heavy (non-hydrogen) atoms. The van der Waals surface area contributed by atoms with Crippen LogP contribution in [0.2, 0.25) is 0 Å². The molecule has 1 aromatic carbocycles. The topological polar surface area (TPSA) is 49.0 Å². The van der Waals surface area contributed by atoms with Gasteiger partial charge in [-0.3, -0.25) is 0 Å². The molecule has 0 fully saturated rings. The fourth-order valence-corrected chi connectivity index (χ4v) is 1.80. The zero-order valence-corrected chi connectivity index (χ0v) is 12.8. The van der Waals surface area contributed by atoms with Gasteiger partial charge in [0.25, 0.3) is 0 Å². The average Bonchev–Trinajstić information content (AvgIpc) is 2.46. The summed E-state index contributed by atoms with van der Waals surface area (Å²) in [4.78, 5) is 0. The maximum absolute atomic E-state index is 5.60. The molecule has 0 saturated heterocycles. The number of hydrogen-bond donors (Lipinski definition) is 1. The van der Waals surface area contributed by atoms with Crippen LogP contribution in [-0.4, -0.2) is 40.3 Å². The van der Waals surface area contributed by atoms with Gasteiger partial charge in [-0.1, -0.05) is 6.07 Å². The van der Waals surface area contributed by atoms with E-state index >= 15 is 0 Å². The zero-order chi connectivity index (χ0) is 14.8. The Morgan fingerprint density at radius 1 is 1.00 bits per heavy atom. The predicted molar refractivity (Wildman–Crippen MR) is 78.3 cm³/mol. The van der Waals surface area contributed by atoms with Crippen molar-refractivity contribution in [1.29, 1.82) is 0 Å². The van der Waals surface area contributed by atoms with Gasteiger partial charge in [0.15, 0.2) is 17.8 Å². The molecule has 0 aliphatic heterocycles. The van der Waals surface area contributed by atoms with Crippen LogP contribution in [0.3, 0.4) is 0 Å². The molecule has 114 valence electrons. The molecule has 5 nitrogen and oxygen atoms in total. The molecule has 0 spiro atoms. The number of methoxy groups -OCH3 is 2. The minimum Gasteiger partial charge on any atom is -0.490 e. The summed E-state index contributed by atoms with van der Waals surface area (Å²) in [6, 6.07) is 5.96. The summed E-state index contributed by atoms with van der Waals surface area (Å²) in [6.45, 7) is 6.51. The molecule has 1 N–H and O–H groups in total. The Balaban J connectivity index is 2.59. The van der Waals surface area contributed by atoms with Crippen LogP contribution in [0, 0.1) is 0 Å². The minimum atomic E-state index is -0.232. The van der Waals surface area contributed by atoms with Crippen molar-refractivity contribution in [2.24, 2.45) is 0 Å². The lowest BCUT2D eigenvalue weighted by Gasteiger charge is -2.15. The first-order valence-corrected chi connectivity index (χ1v) is 6.89. The van der Waals surface area contributed by atoms with Crippen LogP contribution in [-0.2, 0) is 16.0 Å². The van der Waals surface area contributed by atoms with Crippen molar-refractivity contribution in [3.63, 3.8) is 0 Å². The number of benzene rings is 1. The van der Waals surface area contributed by atoms with E-state index in [1.807, 2.05) is 32.0 Å². The maximum Gasteiger partial charge on any atom is 0.169 e. The lowest BCUT2D eigenvalue weighted by Crippen LogP contribution is -2.29. The van der Waals surface area contributed by atoms with E-state index in [4.69, 9.17) is 18.9 Å². The second kappa shape index (κ2) is 9.58. The van der Waals surface area contributed by atoms with Crippen LogP contribution < -0.4 is 14.8 Å². The van der Waals surface area contributed by atoms with E-state index in [0.29, 0.717) is 19.8 Å². The largest absolute Gasteiger partial charge is 0.490 e. The van der Waals surface area contributed by atoms with E-state index in [2.05, 4.69) is 5.32 Å². The third kappa shape index (κ3) is 5.36. The molecular formula is C15H25NO4. The highest BCUT2D eigenvalue weighted by atomic mass is 16.7. The van der Waals surface area contributed by atoms with Crippen molar-refractivity contribution in [2.45, 2.75) is 26.7 Å². The van der Waals surface area contributed by atoms with Crippen molar-refractivity contribution >= 4 is 0 Å². The van der Waals surface area contributed by atoms with Gasteiger partial charge in [0.05, 0.1) is 13.2 Å². The molecule has 0 unspecified atom stereocenters. The predicted octanol–water partition coefficient (Wildman–Crippen LogP) is 2.19. The van der Waals surface area contributed by atoms with Crippen LogP contribution in [0.5, 0.6) is 11.5 Å². The third-order valence-electron chi connectivity index (χ3n) is 2.77. The monoisotopic (exact) mass is 283 g/mol. The number of nitrogens with one attached hydrogen (secondary N) is 1. The standard InChI is InChI=1S/C15H25NO4/c1-5-19-13-8-7-12(9-14(13)20-6-2)10-16-11-15(17-3)18-4/h7-9,15-16H,5-6,10-11H2,1-4H3. The van der Waals surface area contributed by atoms with Crippen LogP contribution in [0.1, 0.15) is 19.4 Å². The van der Waals surface area contributed by atoms with Crippen LogP contribution in [0.15, 0.2) is 18.2 Å². The summed E-state index contributed by atoms with van der Waals surface area (Å²) >= 11 is 0.